The van der Waals surface area contributed by atoms with Gasteiger partial charge in [-0.3, -0.25) is 10.1 Å². The normalized spacial score (nSPS) is 14.0. The number of fused-ring (bicyclic) bond motifs is 1. The van der Waals surface area contributed by atoms with Crippen LogP contribution in [0.5, 0.6) is 0 Å². The molecule has 0 aliphatic heterocycles. The average molecular weight is 309 g/mol. The lowest BCUT2D eigenvalue weighted by Gasteiger charge is -2.17. The predicted molar refractivity (Wildman–Crippen MR) is 84.5 cm³/mol. The van der Waals surface area contributed by atoms with Crippen LogP contribution in [-0.2, 0) is 14.3 Å². The summed E-state index contributed by atoms with van der Waals surface area (Å²) in [6.45, 7) is 4.00. The van der Waals surface area contributed by atoms with Crippen LogP contribution >= 0.6 is 11.3 Å². The van der Waals surface area contributed by atoms with Gasteiger partial charge in [0.25, 0.3) is 5.91 Å². The van der Waals surface area contributed by atoms with Crippen molar-refractivity contribution < 1.29 is 14.3 Å². The van der Waals surface area contributed by atoms with E-state index in [1.807, 2.05) is 19.1 Å². The zero-order chi connectivity index (χ0) is 15.4. The smallest absolute Gasteiger partial charge is 0.255 e. The Morgan fingerprint density at radius 1 is 1.48 bits per heavy atom. The van der Waals surface area contributed by atoms with Crippen LogP contribution in [0.2, 0.25) is 0 Å². The molecule has 2 unspecified atom stereocenters. The Labute approximate surface area is 127 Å². The van der Waals surface area contributed by atoms with Crippen molar-refractivity contribution in [3.63, 3.8) is 0 Å². The van der Waals surface area contributed by atoms with E-state index in [0.717, 1.165) is 10.2 Å². The number of nitrogens with two attached hydrogens (primary N) is 1. The molecule has 2 atom stereocenters. The van der Waals surface area contributed by atoms with Gasteiger partial charge in [-0.2, -0.15) is 0 Å². The summed E-state index contributed by atoms with van der Waals surface area (Å²) < 4.78 is 11.4. The van der Waals surface area contributed by atoms with E-state index in [1.165, 1.54) is 11.3 Å². The second kappa shape index (κ2) is 6.84. The van der Waals surface area contributed by atoms with Gasteiger partial charge in [-0.15, -0.1) is 0 Å². The molecule has 21 heavy (non-hydrogen) atoms. The number of thiazole rings is 1. The molecule has 7 heteroatoms. The van der Waals surface area contributed by atoms with Crippen LogP contribution in [0.3, 0.4) is 0 Å². The minimum absolute atomic E-state index is 0.147. The van der Waals surface area contributed by atoms with Crippen molar-refractivity contribution in [1.29, 1.82) is 0 Å². The molecule has 0 saturated heterocycles. The Hall–Kier alpha value is -1.70. The standard InChI is InChI=1S/C14H19N3O3S/c1-8(7-19-3)20-9(2)13(18)17-14-16-11-5-4-10(15)6-12(11)21-14/h4-6,8-9H,7,15H2,1-3H3,(H,16,17,18). The maximum atomic E-state index is 12.1. The Bertz CT molecular complexity index is 629. The molecule has 6 nitrogen and oxygen atoms in total. The second-order valence-electron chi connectivity index (χ2n) is 4.78. The predicted octanol–water partition coefficient (Wildman–Crippen LogP) is 2.26. The molecule has 0 bridgehead atoms. The van der Waals surface area contributed by atoms with Gasteiger partial charge in [-0.1, -0.05) is 11.3 Å². The molecule has 1 aromatic carbocycles. The van der Waals surface area contributed by atoms with E-state index in [4.69, 9.17) is 15.2 Å². The van der Waals surface area contributed by atoms with Gasteiger partial charge in [-0.05, 0) is 32.0 Å². The highest BCUT2D eigenvalue weighted by molar-refractivity contribution is 7.22. The second-order valence-corrected chi connectivity index (χ2v) is 5.81. The van der Waals surface area contributed by atoms with Crippen molar-refractivity contribution in [2.45, 2.75) is 26.1 Å². The zero-order valence-corrected chi connectivity index (χ0v) is 13.1. The largest absolute Gasteiger partial charge is 0.399 e. The average Bonchev–Trinajstić information content (AvgIpc) is 2.80. The van der Waals surface area contributed by atoms with Gasteiger partial charge in [0.1, 0.15) is 6.10 Å². The van der Waals surface area contributed by atoms with E-state index in [1.54, 1.807) is 20.1 Å². The molecule has 0 fully saturated rings. The summed E-state index contributed by atoms with van der Waals surface area (Å²) >= 11 is 1.38. The first-order valence-electron chi connectivity index (χ1n) is 6.61. The summed E-state index contributed by atoms with van der Waals surface area (Å²) in [6.07, 6.45) is -0.724. The number of hydrogen-bond acceptors (Lipinski definition) is 6. The molecule has 1 heterocycles. The maximum absolute atomic E-state index is 12.1. The number of methoxy groups -OCH3 is 1. The van der Waals surface area contributed by atoms with Crippen molar-refractivity contribution in [2.24, 2.45) is 0 Å². The molecule has 0 spiro atoms. The number of carbonyl (C=O) groups excluding carboxylic acids is 1. The van der Waals surface area contributed by atoms with E-state index in [0.29, 0.717) is 17.4 Å². The van der Waals surface area contributed by atoms with Crippen molar-refractivity contribution in [3.05, 3.63) is 18.2 Å². The number of amides is 1. The molecular weight excluding hydrogens is 290 g/mol. The minimum Gasteiger partial charge on any atom is -0.399 e. The lowest BCUT2D eigenvalue weighted by molar-refractivity contribution is -0.131. The van der Waals surface area contributed by atoms with Crippen molar-refractivity contribution in [2.75, 3.05) is 24.8 Å². The van der Waals surface area contributed by atoms with E-state index >= 15 is 0 Å². The van der Waals surface area contributed by atoms with Crippen LogP contribution in [0.15, 0.2) is 18.2 Å². The highest BCUT2D eigenvalue weighted by Crippen LogP contribution is 2.27. The number of nitrogen functional groups attached to an aromatic ring is 1. The third kappa shape index (κ3) is 4.13. The first-order valence-corrected chi connectivity index (χ1v) is 7.42. The number of carbonyl (C=O) groups is 1. The first-order chi connectivity index (χ1) is 9.99. The Morgan fingerprint density at radius 3 is 2.95 bits per heavy atom. The minimum atomic E-state index is -0.577. The van der Waals surface area contributed by atoms with Gasteiger partial charge in [0.05, 0.1) is 22.9 Å². The number of aromatic nitrogens is 1. The van der Waals surface area contributed by atoms with Gasteiger partial charge < -0.3 is 15.2 Å². The van der Waals surface area contributed by atoms with Crippen LogP contribution in [0.1, 0.15) is 13.8 Å². The SMILES string of the molecule is COCC(C)OC(C)C(=O)Nc1nc2ccc(N)cc2s1. The fourth-order valence-electron chi connectivity index (χ4n) is 1.89. The van der Waals surface area contributed by atoms with Crippen LogP contribution in [-0.4, -0.2) is 36.8 Å². The van der Waals surface area contributed by atoms with E-state index in [-0.39, 0.29) is 12.0 Å². The summed E-state index contributed by atoms with van der Waals surface area (Å²) in [5.74, 6) is -0.231. The third-order valence-electron chi connectivity index (χ3n) is 2.85. The molecule has 1 aromatic heterocycles. The van der Waals surface area contributed by atoms with Crippen LogP contribution in [0, 0.1) is 0 Å². The zero-order valence-electron chi connectivity index (χ0n) is 12.3. The number of rotatable bonds is 6. The topological polar surface area (TPSA) is 86.5 Å². The van der Waals surface area contributed by atoms with Gasteiger partial charge in [-0.25, -0.2) is 4.98 Å². The third-order valence-corrected chi connectivity index (χ3v) is 3.78. The van der Waals surface area contributed by atoms with Crippen LogP contribution < -0.4 is 11.1 Å². The highest BCUT2D eigenvalue weighted by atomic mass is 32.1. The molecule has 0 saturated carbocycles. The number of nitrogens with zero attached hydrogens (tertiary/aromatic N) is 1. The molecule has 114 valence electrons. The number of benzene rings is 1. The lowest BCUT2D eigenvalue weighted by atomic mass is 10.3. The van der Waals surface area contributed by atoms with Crippen molar-refractivity contribution >= 4 is 38.3 Å². The van der Waals surface area contributed by atoms with Gasteiger partial charge in [0, 0.05) is 12.8 Å². The Kier molecular flexibility index (Phi) is 5.11. The molecule has 0 aliphatic rings. The van der Waals surface area contributed by atoms with Crippen LogP contribution in [0.4, 0.5) is 10.8 Å². The van der Waals surface area contributed by atoms with Gasteiger partial charge in [0.2, 0.25) is 0 Å². The molecule has 2 rings (SSSR count). The monoisotopic (exact) mass is 309 g/mol. The summed E-state index contributed by atoms with van der Waals surface area (Å²) in [6, 6.07) is 5.45. The molecule has 1 amide bonds. The fraction of sp³-hybridized carbons (Fsp3) is 0.429. The summed E-state index contributed by atoms with van der Waals surface area (Å²) in [5.41, 5.74) is 7.21. The van der Waals surface area contributed by atoms with E-state index < -0.39 is 6.10 Å². The van der Waals surface area contributed by atoms with Gasteiger partial charge in [0.15, 0.2) is 5.13 Å². The Balaban J connectivity index is 2.00. The summed E-state index contributed by atoms with van der Waals surface area (Å²) in [4.78, 5) is 16.4. The summed E-state index contributed by atoms with van der Waals surface area (Å²) in [7, 11) is 1.59. The highest BCUT2D eigenvalue weighted by Gasteiger charge is 2.18. The molecule has 3 N–H and O–H groups in total. The summed E-state index contributed by atoms with van der Waals surface area (Å²) in [5, 5.41) is 3.30. The van der Waals surface area contributed by atoms with Crippen molar-refractivity contribution in [1.82, 2.24) is 4.98 Å². The van der Waals surface area contributed by atoms with Crippen LogP contribution in [0.25, 0.3) is 10.2 Å². The number of nitrogens with one attached hydrogen (secondary N) is 1. The first kappa shape index (κ1) is 15.7. The quantitative estimate of drug-likeness (QED) is 0.799. The maximum Gasteiger partial charge on any atom is 0.255 e. The fourth-order valence-corrected chi connectivity index (χ4v) is 2.80. The number of ether oxygens (including phenoxy) is 2. The van der Waals surface area contributed by atoms with E-state index in [2.05, 4.69) is 10.3 Å². The lowest BCUT2D eigenvalue weighted by Crippen LogP contribution is -2.32. The molecule has 0 aliphatic carbocycles. The molecule has 2 aromatic rings. The van der Waals surface area contributed by atoms with Crippen molar-refractivity contribution in [3.8, 4) is 0 Å². The number of hydrogen-bond donors (Lipinski definition) is 2. The van der Waals surface area contributed by atoms with E-state index in [9.17, 15) is 4.79 Å². The van der Waals surface area contributed by atoms with Gasteiger partial charge >= 0.3 is 0 Å². The number of anilines is 2. The molecule has 0 radical (unpaired) electrons. The Morgan fingerprint density at radius 2 is 2.24 bits per heavy atom. The molecular formula is C14H19N3O3S.